The van der Waals surface area contributed by atoms with Crippen LogP contribution in [0.15, 0.2) is 28.7 Å². The Kier molecular flexibility index (Phi) is 6.06. The molecule has 1 saturated heterocycles. The predicted octanol–water partition coefficient (Wildman–Crippen LogP) is 4.22. The maximum absolute atomic E-state index is 3.73. The normalized spacial score (nSPS) is 24.1. The van der Waals surface area contributed by atoms with Gasteiger partial charge in [0, 0.05) is 29.6 Å². The highest BCUT2D eigenvalue weighted by atomic mass is 79.9. The minimum absolute atomic E-state index is 0.485. The number of hydrogen-bond acceptors (Lipinski definition) is 2. The van der Waals surface area contributed by atoms with Crippen LogP contribution in [0.4, 0.5) is 0 Å². The molecule has 2 rings (SSSR count). The second kappa shape index (κ2) is 7.58. The first-order valence-corrected chi connectivity index (χ1v) is 8.64. The van der Waals surface area contributed by atoms with Gasteiger partial charge in [-0.05, 0) is 43.5 Å². The Hall–Kier alpha value is -0.380. The summed E-state index contributed by atoms with van der Waals surface area (Å²) in [7, 11) is 0. The van der Waals surface area contributed by atoms with Gasteiger partial charge in [0.05, 0.1) is 0 Å². The van der Waals surface area contributed by atoms with Gasteiger partial charge in [0.15, 0.2) is 0 Å². The average molecular weight is 339 g/mol. The molecule has 20 heavy (non-hydrogen) atoms. The molecule has 0 aromatic heterocycles. The molecule has 3 atom stereocenters. The summed E-state index contributed by atoms with van der Waals surface area (Å²) in [6.07, 6.45) is 2.49. The number of benzene rings is 1. The zero-order valence-corrected chi connectivity index (χ0v) is 14.5. The van der Waals surface area contributed by atoms with E-state index in [4.69, 9.17) is 0 Å². The van der Waals surface area contributed by atoms with Crippen molar-refractivity contribution in [3.63, 3.8) is 0 Å². The molecule has 3 heteroatoms. The van der Waals surface area contributed by atoms with Crippen LogP contribution in [-0.2, 0) is 0 Å². The van der Waals surface area contributed by atoms with Gasteiger partial charge in [0.25, 0.3) is 0 Å². The molecule has 2 nitrogen and oxygen atoms in total. The Morgan fingerprint density at radius 1 is 1.40 bits per heavy atom. The minimum atomic E-state index is 0.485. The lowest BCUT2D eigenvalue weighted by atomic mass is 9.98. The highest BCUT2D eigenvalue weighted by Crippen LogP contribution is 2.25. The summed E-state index contributed by atoms with van der Waals surface area (Å²) in [5.74, 6) is 0.741. The van der Waals surface area contributed by atoms with E-state index >= 15 is 0 Å². The monoisotopic (exact) mass is 338 g/mol. The summed E-state index contributed by atoms with van der Waals surface area (Å²) in [5, 5.41) is 3.73. The molecule has 1 aromatic carbocycles. The highest BCUT2D eigenvalue weighted by Gasteiger charge is 2.25. The summed E-state index contributed by atoms with van der Waals surface area (Å²) < 4.78 is 1.17. The summed E-state index contributed by atoms with van der Waals surface area (Å²) in [6, 6.07) is 9.84. The van der Waals surface area contributed by atoms with Gasteiger partial charge in [-0.1, -0.05) is 48.3 Å². The van der Waals surface area contributed by atoms with E-state index in [9.17, 15) is 0 Å². The number of hydrogen-bond donors (Lipinski definition) is 1. The highest BCUT2D eigenvalue weighted by molar-refractivity contribution is 9.10. The molecule has 0 saturated carbocycles. The van der Waals surface area contributed by atoms with Gasteiger partial charge in [-0.15, -0.1) is 0 Å². The van der Waals surface area contributed by atoms with Crippen LogP contribution in [0.25, 0.3) is 0 Å². The Bertz CT molecular complexity index is 421. The van der Waals surface area contributed by atoms with Crippen LogP contribution in [0.5, 0.6) is 0 Å². The van der Waals surface area contributed by atoms with Gasteiger partial charge in [-0.25, -0.2) is 0 Å². The molecule has 0 aliphatic carbocycles. The van der Waals surface area contributed by atoms with Crippen molar-refractivity contribution in [1.82, 2.24) is 10.2 Å². The van der Waals surface area contributed by atoms with Crippen molar-refractivity contribution in [2.75, 3.05) is 19.6 Å². The molecule has 0 radical (unpaired) electrons. The van der Waals surface area contributed by atoms with Crippen LogP contribution in [0.3, 0.4) is 0 Å². The van der Waals surface area contributed by atoms with Gasteiger partial charge < -0.3 is 5.32 Å². The molecule has 1 aliphatic rings. The van der Waals surface area contributed by atoms with Crippen molar-refractivity contribution >= 4 is 15.9 Å². The van der Waals surface area contributed by atoms with Crippen molar-refractivity contribution in [3.8, 4) is 0 Å². The molecule has 0 spiro atoms. The Morgan fingerprint density at radius 2 is 2.20 bits per heavy atom. The standard InChI is InChI=1S/C17H27BrN2/c1-4-13(2)17-12-20(10-6-9-19-17)14(3)15-7-5-8-16(18)11-15/h5,7-8,11,13-14,17,19H,4,6,9-10,12H2,1-3H3. The smallest absolute Gasteiger partial charge is 0.0320 e. The van der Waals surface area contributed by atoms with Gasteiger partial charge in [-0.3, -0.25) is 4.90 Å². The van der Waals surface area contributed by atoms with Crippen LogP contribution >= 0.6 is 15.9 Å². The first-order valence-electron chi connectivity index (χ1n) is 7.84. The van der Waals surface area contributed by atoms with E-state index in [0.29, 0.717) is 12.1 Å². The molecule has 1 aliphatic heterocycles. The summed E-state index contributed by atoms with van der Waals surface area (Å²) >= 11 is 3.59. The Labute approximate surface area is 132 Å². The molecular weight excluding hydrogens is 312 g/mol. The topological polar surface area (TPSA) is 15.3 Å². The van der Waals surface area contributed by atoms with Gasteiger partial charge in [0.2, 0.25) is 0 Å². The number of rotatable bonds is 4. The third kappa shape index (κ3) is 4.06. The van der Waals surface area contributed by atoms with E-state index in [-0.39, 0.29) is 0 Å². The molecule has 1 heterocycles. The van der Waals surface area contributed by atoms with Crippen LogP contribution < -0.4 is 5.32 Å². The summed E-state index contributed by atoms with van der Waals surface area (Å²) in [6.45, 7) is 10.5. The zero-order valence-electron chi connectivity index (χ0n) is 12.9. The lowest BCUT2D eigenvalue weighted by molar-refractivity contribution is 0.188. The molecule has 0 bridgehead atoms. The van der Waals surface area contributed by atoms with Crippen molar-refractivity contribution in [3.05, 3.63) is 34.3 Å². The van der Waals surface area contributed by atoms with E-state index in [1.54, 1.807) is 0 Å². The molecule has 3 unspecified atom stereocenters. The maximum Gasteiger partial charge on any atom is 0.0320 e. The fraction of sp³-hybridized carbons (Fsp3) is 0.647. The fourth-order valence-electron chi connectivity index (χ4n) is 2.97. The van der Waals surface area contributed by atoms with Crippen molar-refractivity contribution in [2.24, 2.45) is 5.92 Å². The number of halogens is 1. The first-order chi connectivity index (χ1) is 9.61. The van der Waals surface area contributed by atoms with Gasteiger partial charge in [-0.2, -0.15) is 0 Å². The van der Waals surface area contributed by atoms with Crippen LogP contribution in [-0.4, -0.2) is 30.6 Å². The minimum Gasteiger partial charge on any atom is -0.312 e. The van der Waals surface area contributed by atoms with Crippen molar-refractivity contribution < 1.29 is 0 Å². The molecule has 1 fully saturated rings. The SMILES string of the molecule is CCC(C)C1CN(C(C)c2cccc(Br)c2)CCCN1. The Balaban J connectivity index is 2.09. The predicted molar refractivity (Wildman–Crippen MR) is 90.0 cm³/mol. The molecule has 112 valence electrons. The maximum atomic E-state index is 3.73. The Morgan fingerprint density at radius 3 is 2.90 bits per heavy atom. The largest absolute Gasteiger partial charge is 0.312 e. The van der Waals surface area contributed by atoms with E-state index < -0.39 is 0 Å². The molecule has 1 N–H and O–H groups in total. The summed E-state index contributed by atoms with van der Waals surface area (Å²) in [4.78, 5) is 2.64. The van der Waals surface area contributed by atoms with Gasteiger partial charge >= 0.3 is 0 Å². The van der Waals surface area contributed by atoms with E-state index in [1.807, 2.05) is 0 Å². The molecule has 0 amide bonds. The zero-order chi connectivity index (χ0) is 14.5. The van der Waals surface area contributed by atoms with Crippen molar-refractivity contribution in [1.29, 1.82) is 0 Å². The van der Waals surface area contributed by atoms with Crippen LogP contribution in [0.1, 0.15) is 45.2 Å². The lowest BCUT2D eigenvalue weighted by Gasteiger charge is -2.32. The second-order valence-electron chi connectivity index (χ2n) is 6.03. The fourth-order valence-corrected chi connectivity index (χ4v) is 3.39. The molecule has 1 aromatic rings. The summed E-state index contributed by atoms with van der Waals surface area (Å²) in [5.41, 5.74) is 1.41. The third-order valence-corrected chi connectivity index (χ3v) is 5.16. The third-order valence-electron chi connectivity index (χ3n) is 4.67. The molecular formula is C17H27BrN2. The van der Waals surface area contributed by atoms with E-state index in [0.717, 1.165) is 19.0 Å². The van der Waals surface area contributed by atoms with Gasteiger partial charge in [0.1, 0.15) is 0 Å². The van der Waals surface area contributed by atoms with E-state index in [1.165, 1.54) is 29.4 Å². The lowest BCUT2D eigenvalue weighted by Crippen LogP contribution is -2.42. The van der Waals surface area contributed by atoms with E-state index in [2.05, 4.69) is 71.2 Å². The number of nitrogens with one attached hydrogen (secondary N) is 1. The van der Waals surface area contributed by atoms with Crippen molar-refractivity contribution in [2.45, 2.75) is 45.7 Å². The van der Waals surface area contributed by atoms with Crippen LogP contribution in [0.2, 0.25) is 0 Å². The first kappa shape index (κ1) is 16.0. The average Bonchev–Trinajstić information content (AvgIpc) is 2.71. The number of nitrogens with zero attached hydrogens (tertiary/aromatic N) is 1. The van der Waals surface area contributed by atoms with Crippen LogP contribution in [0, 0.1) is 5.92 Å². The quantitative estimate of drug-likeness (QED) is 0.884. The second-order valence-corrected chi connectivity index (χ2v) is 6.94.